The quantitative estimate of drug-likeness (QED) is 0.528. The number of hydrogen-bond acceptors (Lipinski definition) is 7. The molecule has 30 heavy (non-hydrogen) atoms. The van der Waals surface area contributed by atoms with E-state index in [1.54, 1.807) is 19.1 Å². The first-order chi connectivity index (χ1) is 14.3. The van der Waals surface area contributed by atoms with Gasteiger partial charge in [-0.3, -0.25) is 4.79 Å². The highest BCUT2D eigenvalue weighted by Gasteiger charge is 2.26. The maximum Gasteiger partial charge on any atom is 0.271 e. The molecule has 0 aliphatic carbocycles. The fourth-order valence-corrected chi connectivity index (χ4v) is 4.39. The summed E-state index contributed by atoms with van der Waals surface area (Å²) in [5.74, 6) is -0.115. The van der Waals surface area contributed by atoms with Crippen molar-refractivity contribution in [1.29, 1.82) is 0 Å². The predicted molar refractivity (Wildman–Crippen MR) is 110 cm³/mol. The molecule has 1 fully saturated rings. The molecule has 2 aromatic rings. The molecule has 0 spiro atoms. The lowest BCUT2D eigenvalue weighted by Gasteiger charge is -2.26. The number of phenolic OH excluding ortho intramolecular Hbond substituents is 1. The molecule has 0 saturated carbocycles. The summed E-state index contributed by atoms with van der Waals surface area (Å²) in [4.78, 5) is 12.5. The van der Waals surface area contributed by atoms with Gasteiger partial charge in [0.25, 0.3) is 5.91 Å². The SMILES string of the molecule is COc1ccc(/C(C)=N/NC(=O)c2cccc(S(=O)(=O)N3CCOCC3)c2)c(O)c1. The number of rotatable bonds is 6. The average Bonchev–Trinajstić information content (AvgIpc) is 2.77. The molecule has 160 valence electrons. The molecule has 0 aromatic heterocycles. The molecule has 1 saturated heterocycles. The molecule has 1 aliphatic heterocycles. The van der Waals surface area contributed by atoms with Gasteiger partial charge in [-0.2, -0.15) is 9.41 Å². The fraction of sp³-hybridized carbons (Fsp3) is 0.300. The maximum absolute atomic E-state index is 12.8. The van der Waals surface area contributed by atoms with Gasteiger partial charge in [0, 0.05) is 30.3 Å². The number of morpholine rings is 1. The Morgan fingerprint density at radius 1 is 1.20 bits per heavy atom. The summed E-state index contributed by atoms with van der Waals surface area (Å²) in [6.45, 7) is 2.85. The van der Waals surface area contributed by atoms with Crippen LogP contribution in [0.2, 0.25) is 0 Å². The van der Waals surface area contributed by atoms with E-state index in [0.29, 0.717) is 30.2 Å². The number of hydrazone groups is 1. The third kappa shape index (κ3) is 4.78. The molecule has 0 unspecified atom stereocenters. The van der Waals surface area contributed by atoms with E-state index in [9.17, 15) is 18.3 Å². The lowest BCUT2D eigenvalue weighted by molar-refractivity contribution is 0.0730. The van der Waals surface area contributed by atoms with Gasteiger partial charge in [0.1, 0.15) is 11.5 Å². The van der Waals surface area contributed by atoms with Crippen LogP contribution in [0.3, 0.4) is 0 Å². The number of hydrogen-bond donors (Lipinski definition) is 2. The van der Waals surface area contributed by atoms with E-state index in [1.165, 1.54) is 41.7 Å². The van der Waals surface area contributed by atoms with Crippen LogP contribution in [0.25, 0.3) is 0 Å². The standard InChI is InChI=1S/C20H23N3O6S/c1-14(18-7-6-16(28-2)13-19(18)24)21-22-20(25)15-4-3-5-17(12-15)30(26,27)23-8-10-29-11-9-23/h3-7,12-13,24H,8-11H2,1-2H3,(H,22,25)/b21-14+. The first kappa shape index (κ1) is 21.8. The van der Waals surface area contributed by atoms with Crippen LogP contribution < -0.4 is 10.2 Å². The summed E-state index contributed by atoms with van der Waals surface area (Å²) in [5.41, 5.74) is 3.35. The number of amides is 1. The van der Waals surface area contributed by atoms with Gasteiger partial charge in [-0.1, -0.05) is 6.07 Å². The highest BCUT2D eigenvalue weighted by atomic mass is 32.2. The summed E-state index contributed by atoms with van der Waals surface area (Å²) in [6.07, 6.45) is 0. The van der Waals surface area contributed by atoms with Gasteiger partial charge in [-0.15, -0.1) is 0 Å². The van der Waals surface area contributed by atoms with Crippen LogP contribution >= 0.6 is 0 Å². The highest BCUT2D eigenvalue weighted by Crippen LogP contribution is 2.24. The Balaban J connectivity index is 1.76. The third-order valence-corrected chi connectivity index (χ3v) is 6.52. The summed E-state index contributed by atoms with van der Waals surface area (Å²) in [7, 11) is -2.22. The summed E-state index contributed by atoms with van der Waals surface area (Å²) >= 11 is 0. The Labute approximate surface area is 175 Å². The Bertz CT molecular complexity index is 1060. The third-order valence-electron chi connectivity index (χ3n) is 4.62. The fourth-order valence-electron chi connectivity index (χ4n) is 2.94. The molecule has 10 heteroatoms. The Kier molecular flexibility index (Phi) is 6.70. The second-order valence-corrected chi connectivity index (χ2v) is 8.50. The topological polar surface area (TPSA) is 118 Å². The van der Waals surface area contributed by atoms with Crippen molar-refractivity contribution in [3.8, 4) is 11.5 Å². The zero-order valence-electron chi connectivity index (χ0n) is 16.7. The van der Waals surface area contributed by atoms with Crippen LogP contribution in [-0.4, -0.2) is 62.9 Å². The minimum absolute atomic E-state index is 0.0329. The number of nitrogens with one attached hydrogen (secondary N) is 1. The normalized spacial score (nSPS) is 15.6. The number of carbonyl (C=O) groups excluding carboxylic acids is 1. The zero-order valence-corrected chi connectivity index (χ0v) is 17.5. The van der Waals surface area contributed by atoms with Crippen LogP contribution in [0.4, 0.5) is 0 Å². The van der Waals surface area contributed by atoms with E-state index < -0.39 is 15.9 Å². The van der Waals surface area contributed by atoms with Gasteiger partial charge in [0.15, 0.2) is 0 Å². The van der Waals surface area contributed by atoms with E-state index in [2.05, 4.69) is 10.5 Å². The summed E-state index contributed by atoms with van der Waals surface area (Å²) < 4.78 is 37.1. The van der Waals surface area contributed by atoms with Crippen LogP contribution in [-0.2, 0) is 14.8 Å². The Morgan fingerprint density at radius 3 is 2.60 bits per heavy atom. The monoisotopic (exact) mass is 433 g/mol. The van der Waals surface area contributed by atoms with Crippen LogP contribution in [0.5, 0.6) is 11.5 Å². The number of nitrogens with zero attached hydrogens (tertiary/aromatic N) is 2. The van der Waals surface area contributed by atoms with E-state index >= 15 is 0 Å². The number of benzene rings is 2. The van der Waals surface area contributed by atoms with Crippen LogP contribution in [0.1, 0.15) is 22.8 Å². The number of methoxy groups -OCH3 is 1. The van der Waals surface area contributed by atoms with Crippen LogP contribution in [0, 0.1) is 0 Å². The molecule has 1 amide bonds. The molecule has 2 aromatic carbocycles. The van der Waals surface area contributed by atoms with E-state index in [0.717, 1.165) is 0 Å². The van der Waals surface area contributed by atoms with Crippen molar-refractivity contribution in [1.82, 2.24) is 9.73 Å². The highest BCUT2D eigenvalue weighted by molar-refractivity contribution is 7.89. The number of phenols is 1. The van der Waals surface area contributed by atoms with Crippen molar-refractivity contribution >= 4 is 21.6 Å². The Hall–Kier alpha value is -2.95. The molecule has 1 aliphatic rings. The van der Waals surface area contributed by atoms with Gasteiger partial charge in [0.2, 0.25) is 10.0 Å². The largest absolute Gasteiger partial charge is 0.507 e. The van der Waals surface area contributed by atoms with Crippen molar-refractivity contribution in [3.05, 3.63) is 53.6 Å². The predicted octanol–water partition coefficient (Wildman–Crippen LogP) is 1.58. The van der Waals surface area contributed by atoms with Crippen molar-refractivity contribution in [3.63, 3.8) is 0 Å². The first-order valence-corrected chi connectivity index (χ1v) is 10.7. The number of ether oxygens (including phenoxy) is 2. The second kappa shape index (κ2) is 9.24. The van der Waals surface area contributed by atoms with Gasteiger partial charge in [-0.25, -0.2) is 13.8 Å². The second-order valence-electron chi connectivity index (χ2n) is 6.57. The molecule has 0 bridgehead atoms. The minimum Gasteiger partial charge on any atom is -0.507 e. The first-order valence-electron chi connectivity index (χ1n) is 9.23. The molecule has 0 atom stereocenters. The molecule has 9 nitrogen and oxygen atoms in total. The zero-order chi connectivity index (χ0) is 21.7. The number of sulfonamides is 1. The van der Waals surface area contributed by atoms with Gasteiger partial charge < -0.3 is 14.6 Å². The van der Waals surface area contributed by atoms with Crippen molar-refractivity contribution in [2.24, 2.45) is 5.10 Å². The average molecular weight is 433 g/mol. The van der Waals surface area contributed by atoms with Crippen LogP contribution in [0.15, 0.2) is 52.5 Å². The van der Waals surface area contributed by atoms with Crippen molar-refractivity contribution < 1.29 is 27.8 Å². The number of aromatic hydroxyl groups is 1. The molecule has 3 rings (SSSR count). The molecule has 1 heterocycles. The smallest absolute Gasteiger partial charge is 0.271 e. The molecular weight excluding hydrogens is 410 g/mol. The maximum atomic E-state index is 12.8. The van der Waals surface area contributed by atoms with Gasteiger partial charge in [-0.05, 0) is 37.3 Å². The lowest BCUT2D eigenvalue weighted by Crippen LogP contribution is -2.40. The molecule has 0 radical (unpaired) electrons. The van der Waals surface area contributed by atoms with E-state index in [4.69, 9.17) is 9.47 Å². The minimum atomic E-state index is -3.71. The molecule has 2 N–H and O–H groups in total. The van der Waals surface area contributed by atoms with E-state index in [1.807, 2.05) is 0 Å². The number of carbonyl (C=O) groups is 1. The van der Waals surface area contributed by atoms with Crippen molar-refractivity contribution in [2.45, 2.75) is 11.8 Å². The summed E-state index contributed by atoms with van der Waals surface area (Å²) in [5, 5.41) is 14.1. The molecular formula is C20H23N3O6S. The Morgan fingerprint density at radius 2 is 1.93 bits per heavy atom. The van der Waals surface area contributed by atoms with Gasteiger partial charge in [0.05, 0.1) is 30.9 Å². The lowest BCUT2D eigenvalue weighted by atomic mass is 10.1. The van der Waals surface area contributed by atoms with Gasteiger partial charge >= 0.3 is 0 Å². The van der Waals surface area contributed by atoms with Crippen molar-refractivity contribution in [2.75, 3.05) is 33.4 Å². The summed E-state index contributed by atoms with van der Waals surface area (Å²) in [6, 6.07) is 10.5. The van der Waals surface area contributed by atoms with E-state index in [-0.39, 0.29) is 29.3 Å².